The van der Waals surface area contributed by atoms with Crippen LogP contribution in [0.3, 0.4) is 0 Å². The van der Waals surface area contributed by atoms with Gasteiger partial charge in [0.1, 0.15) is 11.6 Å². The number of benzene rings is 6. The first-order chi connectivity index (χ1) is 29.8. The van der Waals surface area contributed by atoms with Gasteiger partial charge in [-0.3, -0.25) is 14.8 Å². The summed E-state index contributed by atoms with van der Waals surface area (Å²) in [4.78, 5) is 24.8. The number of hydrogen-bond donors (Lipinski definition) is 0. The molecule has 0 amide bonds. The fourth-order valence-corrected chi connectivity index (χ4v) is 10.3. The standard InChI is InChI=1S/C51H33B2N7/c1-5-15-34(16-6-1)57-42-24-14-13-23-38(42)52-40-31-39-46(32-47(40)60(37-21-11-4-12-22-37)51-48(52)44(57)26-29-56-51)58(35-17-7-2-8-18-35)45-27-30-55-50-49(45)53(39)41-33-54-28-25-43(41)59(50)36-19-9-3-10-20-36/h1-33H. The maximum absolute atomic E-state index is 5.28. The first-order valence-corrected chi connectivity index (χ1v) is 20.4. The lowest BCUT2D eigenvalue weighted by Crippen LogP contribution is -2.65. The van der Waals surface area contributed by atoms with E-state index < -0.39 is 0 Å². The molecule has 0 saturated carbocycles. The van der Waals surface area contributed by atoms with Crippen LogP contribution in [0.25, 0.3) is 0 Å². The van der Waals surface area contributed by atoms with E-state index in [9.17, 15) is 0 Å². The molecule has 7 heterocycles. The Bertz CT molecular complexity index is 2940. The number of nitrogens with zero attached hydrogens (tertiary/aromatic N) is 7. The molecule has 0 spiro atoms. The van der Waals surface area contributed by atoms with Crippen molar-refractivity contribution in [1.29, 1.82) is 0 Å². The number of rotatable bonds is 4. The van der Waals surface area contributed by atoms with Gasteiger partial charge in [0.25, 0.3) is 13.4 Å². The third-order valence-corrected chi connectivity index (χ3v) is 12.6. The number of anilines is 12. The van der Waals surface area contributed by atoms with Crippen LogP contribution in [0.15, 0.2) is 201 Å². The fraction of sp³-hybridized carbons (Fsp3) is 0. The molecule has 9 heteroatoms. The first-order valence-electron chi connectivity index (χ1n) is 20.4. The Kier molecular flexibility index (Phi) is 7.06. The van der Waals surface area contributed by atoms with Gasteiger partial charge in [0.2, 0.25) is 0 Å². The molecule has 7 nitrogen and oxygen atoms in total. The predicted octanol–water partition coefficient (Wildman–Crippen LogP) is 8.04. The Balaban J connectivity index is 1.14. The molecule has 4 aliphatic rings. The summed E-state index contributed by atoms with van der Waals surface area (Å²) in [5.41, 5.74) is 18.2. The van der Waals surface area contributed by atoms with E-state index in [1.54, 1.807) is 0 Å². The predicted molar refractivity (Wildman–Crippen MR) is 248 cm³/mol. The third-order valence-electron chi connectivity index (χ3n) is 12.6. The molecule has 278 valence electrons. The van der Waals surface area contributed by atoms with E-state index in [4.69, 9.17) is 15.0 Å². The minimum Gasteiger partial charge on any atom is -0.311 e. The smallest absolute Gasteiger partial charge is 0.256 e. The molecule has 0 saturated heterocycles. The fourth-order valence-electron chi connectivity index (χ4n) is 10.3. The second kappa shape index (κ2) is 12.8. The monoisotopic (exact) mass is 765 g/mol. The van der Waals surface area contributed by atoms with E-state index in [1.165, 1.54) is 27.5 Å². The van der Waals surface area contributed by atoms with Gasteiger partial charge >= 0.3 is 0 Å². The quantitative estimate of drug-likeness (QED) is 0.168. The maximum atomic E-state index is 5.28. The summed E-state index contributed by atoms with van der Waals surface area (Å²) in [5.74, 6) is 1.86. The van der Waals surface area contributed by atoms with Gasteiger partial charge in [-0.05, 0) is 112 Å². The van der Waals surface area contributed by atoms with Crippen molar-refractivity contribution in [2.24, 2.45) is 0 Å². The summed E-state index contributed by atoms with van der Waals surface area (Å²) in [5, 5.41) is 0. The third kappa shape index (κ3) is 4.60. The lowest BCUT2D eigenvalue weighted by atomic mass is 9.30. The van der Waals surface area contributed by atoms with Crippen molar-refractivity contribution in [1.82, 2.24) is 15.0 Å². The van der Waals surface area contributed by atoms with Crippen molar-refractivity contribution < 1.29 is 0 Å². The Hall–Kier alpha value is -7.90. The van der Waals surface area contributed by atoms with Gasteiger partial charge in [0.15, 0.2) is 0 Å². The molecule has 3 aromatic heterocycles. The zero-order chi connectivity index (χ0) is 39.3. The number of pyridine rings is 3. The zero-order valence-corrected chi connectivity index (χ0v) is 32.3. The summed E-state index contributed by atoms with van der Waals surface area (Å²) in [6.45, 7) is -0.218. The molecular formula is C51H33B2N7. The van der Waals surface area contributed by atoms with Crippen molar-refractivity contribution in [2.45, 2.75) is 0 Å². The molecule has 4 aliphatic heterocycles. The average Bonchev–Trinajstić information content (AvgIpc) is 3.32. The zero-order valence-electron chi connectivity index (χ0n) is 32.3. The van der Waals surface area contributed by atoms with E-state index in [-0.39, 0.29) is 13.4 Å². The summed E-state index contributed by atoms with van der Waals surface area (Å²) in [6.07, 6.45) is 7.90. The second-order valence-corrected chi connectivity index (χ2v) is 15.6. The van der Waals surface area contributed by atoms with Crippen LogP contribution in [0.2, 0.25) is 0 Å². The molecule has 0 unspecified atom stereocenters. The maximum Gasteiger partial charge on any atom is 0.256 e. The minimum absolute atomic E-state index is 0.0853. The highest BCUT2D eigenvalue weighted by Crippen LogP contribution is 2.47. The summed E-state index contributed by atoms with van der Waals surface area (Å²) < 4.78 is 0. The number of fused-ring (bicyclic) bond motifs is 8. The molecule has 9 aromatic rings. The topological polar surface area (TPSA) is 51.6 Å². The van der Waals surface area contributed by atoms with Crippen molar-refractivity contribution in [2.75, 3.05) is 19.6 Å². The molecule has 0 atom stereocenters. The Labute approximate surface area is 348 Å². The molecule has 13 rings (SSSR count). The van der Waals surface area contributed by atoms with E-state index in [0.717, 1.165) is 73.7 Å². The molecule has 0 N–H and O–H groups in total. The van der Waals surface area contributed by atoms with Crippen LogP contribution < -0.4 is 52.4 Å². The first kappa shape index (κ1) is 33.1. The van der Waals surface area contributed by atoms with Gasteiger partial charge in [-0.25, -0.2) is 9.97 Å². The van der Waals surface area contributed by atoms with E-state index >= 15 is 0 Å². The second-order valence-electron chi connectivity index (χ2n) is 15.6. The highest BCUT2D eigenvalue weighted by Gasteiger charge is 2.48. The summed E-state index contributed by atoms with van der Waals surface area (Å²) >= 11 is 0. The minimum atomic E-state index is -0.132. The van der Waals surface area contributed by atoms with Crippen LogP contribution in [0.5, 0.6) is 0 Å². The van der Waals surface area contributed by atoms with E-state index in [1.807, 2.05) is 18.6 Å². The lowest BCUT2D eigenvalue weighted by molar-refractivity contribution is 1.16. The van der Waals surface area contributed by atoms with Crippen LogP contribution >= 0.6 is 0 Å². The lowest BCUT2D eigenvalue weighted by Gasteiger charge is -2.46. The van der Waals surface area contributed by atoms with Crippen molar-refractivity contribution in [3.05, 3.63) is 201 Å². The van der Waals surface area contributed by atoms with Gasteiger partial charge in [0, 0.05) is 81.7 Å². The average molecular weight is 765 g/mol. The molecule has 0 radical (unpaired) electrons. The number of hydrogen-bond acceptors (Lipinski definition) is 7. The van der Waals surface area contributed by atoms with Crippen LogP contribution in [0.4, 0.5) is 68.5 Å². The van der Waals surface area contributed by atoms with Crippen LogP contribution in [0.1, 0.15) is 0 Å². The molecule has 0 aliphatic carbocycles. The van der Waals surface area contributed by atoms with Gasteiger partial charge in [-0.2, -0.15) is 0 Å². The van der Waals surface area contributed by atoms with E-state index in [2.05, 4.69) is 202 Å². The summed E-state index contributed by atoms with van der Waals surface area (Å²) in [7, 11) is 0. The van der Waals surface area contributed by atoms with E-state index in [0.29, 0.717) is 0 Å². The normalized spacial score (nSPS) is 13.8. The van der Waals surface area contributed by atoms with Crippen LogP contribution in [-0.4, -0.2) is 28.4 Å². The highest BCUT2D eigenvalue weighted by atomic mass is 15.2. The van der Waals surface area contributed by atoms with Gasteiger partial charge < -0.3 is 9.80 Å². The summed E-state index contributed by atoms with van der Waals surface area (Å²) in [6, 6.07) is 63.1. The molecule has 0 fully saturated rings. The van der Waals surface area contributed by atoms with Gasteiger partial charge in [0.05, 0.1) is 0 Å². The number of aromatic nitrogens is 3. The van der Waals surface area contributed by atoms with Gasteiger partial charge in [-0.1, -0.05) is 97.1 Å². The highest BCUT2D eigenvalue weighted by molar-refractivity contribution is 7.03. The number of para-hydroxylation sites is 5. The van der Waals surface area contributed by atoms with Gasteiger partial charge in [-0.15, -0.1) is 0 Å². The molecule has 0 bridgehead atoms. The Morgan fingerprint density at radius 3 is 1.30 bits per heavy atom. The van der Waals surface area contributed by atoms with Crippen LogP contribution in [0, 0.1) is 0 Å². The molecular weight excluding hydrogens is 732 g/mol. The van der Waals surface area contributed by atoms with Crippen molar-refractivity contribution >= 4 is 115 Å². The largest absolute Gasteiger partial charge is 0.311 e. The Morgan fingerprint density at radius 1 is 0.317 bits per heavy atom. The molecule has 60 heavy (non-hydrogen) atoms. The molecule has 6 aromatic carbocycles. The van der Waals surface area contributed by atoms with Crippen molar-refractivity contribution in [3.63, 3.8) is 0 Å². The van der Waals surface area contributed by atoms with Crippen LogP contribution in [-0.2, 0) is 0 Å². The SMILES string of the molecule is c1ccc(N2c3cc4c(cc3B3c5cnccc5N(c5ccccc5)c5nccc2c53)B2c3ccccc3N(c3ccccc3)c3ccnc(c32)N4c2ccccc2)cc1. The Morgan fingerprint density at radius 2 is 0.733 bits per heavy atom. The van der Waals surface area contributed by atoms with Crippen molar-refractivity contribution in [3.8, 4) is 0 Å².